The molecule has 2 fully saturated rings. The van der Waals surface area contributed by atoms with Gasteiger partial charge in [-0.15, -0.1) is 0 Å². The summed E-state index contributed by atoms with van der Waals surface area (Å²) in [6, 6.07) is 3.62. The fourth-order valence-corrected chi connectivity index (χ4v) is 4.48. The maximum Gasteiger partial charge on any atom is 0.266 e. The fourth-order valence-electron chi connectivity index (χ4n) is 4.48. The van der Waals surface area contributed by atoms with Crippen LogP contribution in [-0.4, -0.2) is 36.0 Å². The number of rotatable bonds is 8. The molecule has 1 aliphatic heterocycles. The Balaban J connectivity index is 1.67. The summed E-state index contributed by atoms with van der Waals surface area (Å²) in [5.41, 5.74) is -3.08. The van der Waals surface area contributed by atoms with Crippen LogP contribution in [0.15, 0.2) is 35.3 Å². The number of carbonyl (C=O) groups is 1. The summed E-state index contributed by atoms with van der Waals surface area (Å²) < 4.78 is 69.2. The third-order valence-corrected chi connectivity index (χ3v) is 6.75. The van der Waals surface area contributed by atoms with E-state index in [0.29, 0.717) is 0 Å². The number of aromatic nitrogens is 1. The molecule has 1 atom stereocenters. The van der Waals surface area contributed by atoms with Gasteiger partial charge in [0.2, 0.25) is 0 Å². The largest absolute Gasteiger partial charge is 0.381 e. The number of carbonyl (C=O) groups excluding carboxylic acids is 1. The lowest BCUT2D eigenvalue weighted by Gasteiger charge is -2.27. The van der Waals surface area contributed by atoms with Crippen LogP contribution in [0.2, 0.25) is 0 Å². The molecule has 1 aromatic heterocycles. The zero-order chi connectivity index (χ0) is 25.3. The number of benzene rings is 1. The molecule has 1 amide bonds. The highest BCUT2D eigenvalue weighted by molar-refractivity contribution is 5.99. The van der Waals surface area contributed by atoms with Gasteiger partial charge in [0.15, 0.2) is 0 Å². The molecule has 1 saturated carbocycles. The van der Waals surface area contributed by atoms with Crippen LogP contribution in [-0.2, 0) is 5.54 Å². The molecule has 4 rings (SSSR count). The number of piperidine rings is 1. The van der Waals surface area contributed by atoms with E-state index in [0.717, 1.165) is 48.8 Å². The summed E-state index contributed by atoms with van der Waals surface area (Å²) in [6.07, 6.45) is -3.02. The van der Waals surface area contributed by atoms with Crippen LogP contribution in [0.25, 0.3) is 0 Å². The first-order chi connectivity index (χ1) is 16.6. The van der Waals surface area contributed by atoms with Crippen molar-refractivity contribution in [3.05, 3.63) is 63.3 Å². The van der Waals surface area contributed by atoms with Crippen LogP contribution in [0.3, 0.4) is 0 Å². The van der Waals surface area contributed by atoms with Crippen molar-refractivity contribution in [2.24, 2.45) is 0 Å². The molecule has 35 heavy (non-hydrogen) atoms. The number of pyridine rings is 1. The molecular weight excluding hydrogens is 471 g/mol. The van der Waals surface area contributed by atoms with E-state index in [2.05, 4.69) is 16.0 Å². The number of nitrogens with one attached hydrogen (secondary N) is 3. The lowest BCUT2D eigenvalue weighted by atomic mass is 10.0. The Kier molecular flexibility index (Phi) is 7.16. The zero-order valence-electron chi connectivity index (χ0n) is 19.1. The number of nitrogens with zero attached hydrogens (tertiary/aromatic N) is 1. The molecule has 6 nitrogen and oxygen atoms in total. The molecule has 0 bridgehead atoms. The van der Waals surface area contributed by atoms with Crippen LogP contribution < -0.4 is 21.5 Å². The maximum absolute atomic E-state index is 14.6. The molecule has 1 aromatic carbocycles. The van der Waals surface area contributed by atoms with Crippen LogP contribution in [0.4, 0.5) is 27.6 Å². The molecule has 2 aromatic rings. The van der Waals surface area contributed by atoms with Crippen molar-refractivity contribution < 1.29 is 26.7 Å². The predicted octanol–water partition coefficient (Wildman–Crippen LogP) is 4.33. The van der Waals surface area contributed by atoms with Crippen LogP contribution in [0.5, 0.6) is 0 Å². The Bertz CT molecular complexity index is 1140. The van der Waals surface area contributed by atoms with Gasteiger partial charge in [-0.2, -0.15) is 0 Å². The molecule has 2 heterocycles. The van der Waals surface area contributed by atoms with Crippen molar-refractivity contribution in [2.75, 3.05) is 18.4 Å². The average Bonchev–Trinajstić information content (AvgIpc) is 3.61. The fraction of sp³-hybridized carbons (Fsp3) is 0.500. The molecule has 3 N–H and O–H groups in total. The van der Waals surface area contributed by atoms with Crippen LogP contribution >= 0.6 is 0 Å². The molecule has 190 valence electrons. The van der Waals surface area contributed by atoms with Crippen molar-refractivity contribution in [1.82, 2.24) is 15.2 Å². The maximum atomic E-state index is 14.6. The van der Waals surface area contributed by atoms with E-state index in [4.69, 9.17) is 0 Å². The summed E-state index contributed by atoms with van der Waals surface area (Å²) in [7, 11) is 0. The monoisotopic (exact) mass is 498 g/mol. The zero-order valence-corrected chi connectivity index (χ0v) is 19.1. The molecule has 11 heteroatoms. The van der Waals surface area contributed by atoms with E-state index in [9.17, 15) is 31.5 Å². The standard InChI is InChI=1S/C24H27F5N4O2/c1-13(15-3-2-4-16(20(15)25)21(26)27)31-22(35)17-12-33(24(7-8-24)23(28)29)19(34)11-18(17)32-14-5-9-30-10-6-14/h2-4,11-14,21,23,30,32H,5-10H2,1H3,(H,31,35)/t13-/m1/s1. The van der Waals surface area contributed by atoms with Gasteiger partial charge in [0, 0.05) is 23.9 Å². The first-order valence-electron chi connectivity index (χ1n) is 11.5. The summed E-state index contributed by atoms with van der Waals surface area (Å²) in [4.78, 5) is 26.0. The summed E-state index contributed by atoms with van der Waals surface area (Å²) >= 11 is 0. The van der Waals surface area contributed by atoms with Crippen molar-refractivity contribution in [3.8, 4) is 0 Å². The summed E-state index contributed by atoms with van der Waals surface area (Å²) in [6.45, 7) is 2.91. The lowest BCUT2D eigenvalue weighted by Crippen LogP contribution is -2.39. The SMILES string of the molecule is C[C@@H](NC(=O)c1cn(C2(C(F)F)CC2)c(=O)cc1NC1CCNCC1)c1cccc(C(F)F)c1F. The highest BCUT2D eigenvalue weighted by Crippen LogP contribution is 2.48. The van der Waals surface area contributed by atoms with Crippen molar-refractivity contribution in [3.63, 3.8) is 0 Å². The van der Waals surface area contributed by atoms with Gasteiger partial charge in [0.1, 0.15) is 11.4 Å². The van der Waals surface area contributed by atoms with Gasteiger partial charge in [-0.25, -0.2) is 22.0 Å². The van der Waals surface area contributed by atoms with Crippen molar-refractivity contribution >= 4 is 11.6 Å². The normalized spacial score (nSPS) is 18.5. The summed E-state index contributed by atoms with van der Waals surface area (Å²) in [5, 5.41) is 8.94. The number of hydrogen-bond acceptors (Lipinski definition) is 4. The predicted molar refractivity (Wildman–Crippen MR) is 121 cm³/mol. The van der Waals surface area contributed by atoms with E-state index >= 15 is 0 Å². The van der Waals surface area contributed by atoms with Gasteiger partial charge >= 0.3 is 0 Å². The highest BCUT2D eigenvalue weighted by atomic mass is 19.3. The Hall–Kier alpha value is -2.95. The second kappa shape index (κ2) is 9.96. The lowest BCUT2D eigenvalue weighted by molar-refractivity contribution is 0.0648. The first kappa shape index (κ1) is 25.2. The van der Waals surface area contributed by atoms with E-state index in [1.165, 1.54) is 19.1 Å². The second-order valence-corrected chi connectivity index (χ2v) is 9.13. The molecule has 1 saturated heterocycles. The topological polar surface area (TPSA) is 75.2 Å². The number of alkyl halides is 4. The number of halogens is 5. The van der Waals surface area contributed by atoms with Crippen molar-refractivity contribution in [1.29, 1.82) is 0 Å². The third kappa shape index (κ3) is 5.05. The van der Waals surface area contributed by atoms with Crippen molar-refractivity contribution in [2.45, 2.75) is 63.1 Å². The molecule has 2 aliphatic rings. The van der Waals surface area contributed by atoms with Gasteiger partial charge in [0.25, 0.3) is 24.3 Å². The summed E-state index contributed by atoms with van der Waals surface area (Å²) in [5.74, 6) is -1.86. The molecule has 0 unspecified atom stereocenters. The Labute approximate surface area is 198 Å². The van der Waals surface area contributed by atoms with E-state index < -0.39 is 47.3 Å². The van der Waals surface area contributed by atoms with Gasteiger partial charge in [-0.1, -0.05) is 18.2 Å². The van der Waals surface area contributed by atoms with E-state index in [1.807, 2.05) is 0 Å². The first-order valence-corrected chi connectivity index (χ1v) is 11.5. The second-order valence-electron chi connectivity index (χ2n) is 9.13. The van der Waals surface area contributed by atoms with Crippen LogP contribution in [0, 0.1) is 5.82 Å². The minimum Gasteiger partial charge on any atom is -0.381 e. The molecule has 1 aliphatic carbocycles. The molecular formula is C24H27F5N4O2. The third-order valence-electron chi connectivity index (χ3n) is 6.75. The Morgan fingerprint density at radius 2 is 1.80 bits per heavy atom. The van der Waals surface area contributed by atoms with Gasteiger partial charge in [-0.05, 0) is 45.7 Å². The molecule has 0 spiro atoms. The van der Waals surface area contributed by atoms with E-state index in [-0.39, 0.29) is 35.7 Å². The quantitative estimate of drug-likeness (QED) is 0.474. The number of hydrogen-bond donors (Lipinski definition) is 3. The van der Waals surface area contributed by atoms with Gasteiger partial charge < -0.3 is 20.5 Å². The minimum absolute atomic E-state index is 0.0411. The molecule has 0 radical (unpaired) electrons. The van der Waals surface area contributed by atoms with Gasteiger partial charge in [-0.3, -0.25) is 9.59 Å². The van der Waals surface area contributed by atoms with Gasteiger partial charge in [0.05, 0.1) is 22.9 Å². The Morgan fingerprint density at radius 1 is 1.14 bits per heavy atom. The van der Waals surface area contributed by atoms with Crippen LogP contribution in [0.1, 0.15) is 66.6 Å². The average molecular weight is 498 g/mol. The smallest absolute Gasteiger partial charge is 0.266 e. The highest BCUT2D eigenvalue weighted by Gasteiger charge is 2.53. The van der Waals surface area contributed by atoms with E-state index in [1.54, 1.807) is 0 Å². The Morgan fingerprint density at radius 3 is 2.40 bits per heavy atom. The number of anilines is 1. The minimum atomic E-state index is -3.02. The number of amides is 1.